The van der Waals surface area contributed by atoms with Gasteiger partial charge in [0, 0.05) is 22.7 Å². The van der Waals surface area contributed by atoms with Gasteiger partial charge in [0.25, 0.3) is 0 Å². The van der Waals surface area contributed by atoms with E-state index in [4.69, 9.17) is 9.72 Å². The van der Waals surface area contributed by atoms with E-state index in [1.54, 1.807) is 0 Å². The molecule has 2 aromatic carbocycles. The molecule has 0 bridgehead atoms. The molecule has 0 amide bonds. The Morgan fingerprint density at radius 3 is 2.86 bits per heavy atom. The maximum absolute atomic E-state index is 5.79. The summed E-state index contributed by atoms with van der Waals surface area (Å²) in [5.74, 6) is 0.894. The van der Waals surface area contributed by atoms with Crippen molar-refractivity contribution in [3.05, 3.63) is 60.3 Å². The van der Waals surface area contributed by atoms with E-state index in [9.17, 15) is 0 Å². The second-order valence-electron chi connectivity index (χ2n) is 5.18. The normalized spacial score (nSPS) is 13.0. The Labute approximate surface area is 120 Å². The van der Waals surface area contributed by atoms with Crippen LogP contribution in [0.5, 0.6) is 5.75 Å². The molecule has 0 spiro atoms. The van der Waals surface area contributed by atoms with Crippen molar-refractivity contribution in [1.29, 1.82) is 0 Å². The van der Waals surface area contributed by atoms with E-state index in [0.717, 1.165) is 39.1 Å². The zero-order valence-electron chi connectivity index (χ0n) is 11.2. The molecule has 4 heteroatoms. The second-order valence-corrected chi connectivity index (χ2v) is 5.18. The number of para-hydroxylation sites is 1. The number of hydrogen-bond donors (Lipinski definition) is 0. The highest BCUT2D eigenvalue weighted by Gasteiger charge is 2.20. The molecule has 0 fully saturated rings. The number of nitrogens with zero attached hydrogens (tertiary/aromatic N) is 3. The van der Waals surface area contributed by atoms with E-state index >= 15 is 0 Å². The average Bonchev–Trinajstić information content (AvgIpc) is 2.90. The van der Waals surface area contributed by atoms with E-state index in [1.807, 2.05) is 47.1 Å². The van der Waals surface area contributed by atoms with Crippen molar-refractivity contribution in [1.82, 2.24) is 14.6 Å². The molecule has 3 heterocycles. The van der Waals surface area contributed by atoms with Crippen LogP contribution in [0.2, 0.25) is 0 Å². The molecule has 4 aromatic rings. The van der Waals surface area contributed by atoms with Crippen molar-refractivity contribution < 1.29 is 4.74 Å². The van der Waals surface area contributed by atoms with Crippen molar-refractivity contribution in [2.24, 2.45) is 0 Å². The Balaban J connectivity index is 1.90. The monoisotopic (exact) mass is 273 g/mol. The number of hydrogen-bond acceptors (Lipinski definition) is 3. The van der Waals surface area contributed by atoms with Crippen molar-refractivity contribution in [2.45, 2.75) is 6.61 Å². The minimum Gasteiger partial charge on any atom is -0.488 e. The lowest BCUT2D eigenvalue weighted by molar-refractivity contribution is 0.300. The number of ether oxygens (including phenoxy) is 1. The van der Waals surface area contributed by atoms with E-state index in [2.05, 4.69) is 17.2 Å². The van der Waals surface area contributed by atoms with Gasteiger partial charge in [-0.05, 0) is 24.3 Å². The summed E-state index contributed by atoms with van der Waals surface area (Å²) in [5, 5.41) is 5.65. The standard InChI is InChI=1S/C17H11N3O/c1-3-7-14-12(5-1)17-18-16-11(9-20(17)19-14)10-21-15-8-4-2-6-13(15)16/h1-9H,10H2. The van der Waals surface area contributed by atoms with E-state index in [0.29, 0.717) is 6.61 Å². The van der Waals surface area contributed by atoms with Gasteiger partial charge in [0.2, 0.25) is 0 Å². The number of rotatable bonds is 0. The zero-order chi connectivity index (χ0) is 13.8. The van der Waals surface area contributed by atoms with E-state index in [-0.39, 0.29) is 0 Å². The van der Waals surface area contributed by atoms with Crippen LogP contribution in [0.15, 0.2) is 54.7 Å². The second kappa shape index (κ2) is 3.82. The lowest BCUT2D eigenvalue weighted by atomic mass is 10.0. The van der Waals surface area contributed by atoms with Gasteiger partial charge < -0.3 is 4.74 Å². The third-order valence-corrected chi connectivity index (χ3v) is 3.90. The predicted molar refractivity (Wildman–Crippen MR) is 80.3 cm³/mol. The fourth-order valence-corrected chi connectivity index (χ4v) is 2.91. The number of benzene rings is 2. The maximum Gasteiger partial charge on any atom is 0.163 e. The van der Waals surface area contributed by atoms with Crippen LogP contribution in [-0.4, -0.2) is 14.6 Å². The Bertz CT molecular complexity index is 1000. The molecule has 5 rings (SSSR count). The van der Waals surface area contributed by atoms with Crippen molar-refractivity contribution in [3.8, 4) is 17.0 Å². The minimum absolute atomic E-state index is 0.533. The Morgan fingerprint density at radius 2 is 1.86 bits per heavy atom. The fourth-order valence-electron chi connectivity index (χ4n) is 2.91. The maximum atomic E-state index is 5.79. The molecule has 100 valence electrons. The van der Waals surface area contributed by atoms with E-state index in [1.165, 1.54) is 0 Å². The summed E-state index contributed by atoms with van der Waals surface area (Å²) in [6, 6.07) is 16.1. The van der Waals surface area contributed by atoms with E-state index < -0.39 is 0 Å². The van der Waals surface area contributed by atoms with Crippen LogP contribution in [0.4, 0.5) is 0 Å². The molecule has 0 atom stereocenters. The van der Waals surface area contributed by atoms with Crippen LogP contribution in [0, 0.1) is 0 Å². The summed E-state index contributed by atoms with van der Waals surface area (Å²) in [4.78, 5) is 4.87. The smallest absolute Gasteiger partial charge is 0.163 e. The van der Waals surface area contributed by atoms with Gasteiger partial charge in [-0.3, -0.25) is 0 Å². The molecule has 1 aliphatic heterocycles. The third-order valence-electron chi connectivity index (χ3n) is 3.90. The van der Waals surface area contributed by atoms with Crippen LogP contribution in [0.3, 0.4) is 0 Å². The van der Waals surface area contributed by atoms with Crippen molar-refractivity contribution in [2.75, 3.05) is 0 Å². The lowest BCUT2D eigenvalue weighted by Gasteiger charge is -2.19. The molecule has 2 aromatic heterocycles. The molecule has 0 unspecified atom stereocenters. The third kappa shape index (κ3) is 1.44. The lowest BCUT2D eigenvalue weighted by Crippen LogP contribution is -2.09. The summed E-state index contributed by atoms with van der Waals surface area (Å²) in [6.45, 7) is 0.533. The molecular formula is C17H11N3O. The highest BCUT2D eigenvalue weighted by Crippen LogP contribution is 2.36. The molecule has 1 aliphatic rings. The molecular weight excluding hydrogens is 262 g/mol. The highest BCUT2D eigenvalue weighted by molar-refractivity contribution is 5.93. The first kappa shape index (κ1) is 10.9. The summed E-state index contributed by atoms with van der Waals surface area (Å²) < 4.78 is 7.64. The fraction of sp³-hybridized carbons (Fsp3) is 0.0588. The van der Waals surface area contributed by atoms with Crippen molar-refractivity contribution in [3.63, 3.8) is 0 Å². The number of aromatic nitrogens is 3. The van der Waals surface area contributed by atoms with Gasteiger partial charge >= 0.3 is 0 Å². The molecule has 0 saturated heterocycles. The molecule has 0 saturated carbocycles. The highest BCUT2D eigenvalue weighted by atomic mass is 16.5. The predicted octanol–water partition coefficient (Wildman–Crippen LogP) is 3.44. The van der Waals surface area contributed by atoms with Crippen LogP contribution < -0.4 is 4.74 Å². The van der Waals surface area contributed by atoms with Crippen LogP contribution in [0.25, 0.3) is 27.8 Å². The molecule has 4 nitrogen and oxygen atoms in total. The van der Waals surface area contributed by atoms with Crippen LogP contribution in [0.1, 0.15) is 5.56 Å². The van der Waals surface area contributed by atoms with Gasteiger partial charge in [-0.2, -0.15) is 5.10 Å². The van der Waals surface area contributed by atoms with Gasteiger partial charge in [-0.15, -0.1) is 0 Å². The summed E-state index contributed by atoms with van der Waals surface area (Å²) in [5.41, 5.74) is 4.96. The number of fused-ring (bicyclic) bond motifs is 6. The Kier molecular flexibility index (Phi) is 1.98. The van der Waals surface area contributed by atoms with Gasteiger partial charge in [0.15, 0.2) is 5.65 Å². The van der Waals surface area contributed by atoms with Gasteiger partial charge in [-0.25, -0.2) is 9.50 Å². The molecule has 0 radical (unpaired) electrons. The topological polar surface area (TPSA) is 39.4 Å². The first-order valence-electron chi connectivity index (χ1n) is 6.89. The van der Waals surface area contributed by atoms with Gasteiger partial charge in [-0.1, -0.05) is 24.3 Å². The summed E-state index contributed by atoms with van der Waals surface area (Å²) in [7, 11) is 0. The quantitative estimate of drug-likeness (QED) is 0.492. The van der Waals surface area contributed by atoms with Gasteiger partial charge in [0.1, 0.15) is 12.4 Å². The molecule has 21 heavy (non-hydrogen) atoms. The average molecular weight is 273 g/mol. The van der Waals surface area contributed by atoms with Crippen LogP contribution >= 0.6 is 0 Å². The summed E-state index contributed by atoms with van der Waals surface area (Å²) >= 11 is 0. The largest absolute Gasteiger partial charge is 0.488 e. The Morgan fingerprint density at radius 1 is 1.00 bits per heavy atom. The SMILES string of the molecule is c1ccc2c(c1)OCc1cn3nc4ccccc4c3nc1-2. The molecule has 0 aliphatic carbocycles. The minimum atomic E-state index is 0.533. The first-order chi connectivity index (χ1) is 10.4. The molecule has 0 N–H and O–H groups in total. The van der Waals surface area contributed by atoms with Gasteiger partial charge in [0.05, 0.1) is 11.2 Å². The van der Waals surface area contributed by atoms with Crippen molar-refractivity contribution >= 4 is 16.6 Å². The van der Waals surface area contributed by atoms with Crippen LogP contribution in [-0.2, 0) is 6.61 Å². The zero-order valence-corrected chi connectivity index (χ0v) is 11.2. The first-order valence-corrected chi connectivity index (χ1v) is 6.89. The summed E-state index contributed by atoms with van der Waals surface area (Å²) in [6.07, 6.45) is 2.02. The Hall–Kier alpha value is -2.88.